The molecule has 1 aliphatic rings. The van der Waals surface area contributed by atoms with Crippen LogP contribution in [0.15, 0.2) is 54.6 Å². The van der Waals surface area contributed by atoms with Gasteiger partial charge in [0.1, 0.15) is 0 Å². The number of nitrogens with one attached hydrogen (secondary N) is 1. The van der Waals surface area contributed by atoms with Crippen molar-refractivity contribution in [2.75, 3.05) is 19.6 Å². The maximum absolute atomic E-state index is 13.0. The molecule has 2 aromatic carbocycles. The van der Waals surface area contributed by atoms with Crippen LogP contribution in [0, 0.1) is 0 Å². The zero-order valence-corrected chi connectivity index (χ0v) is 16.3. The number of carbonyl (C=O) groups is 2. The Morgan fingerprint density at radius 1 is 1.04 bits per heavy atom. The summed E-state index contributed by atoms with van der Waals surface area (Å²) < 4.78 is 0. The predicted octanol–water partition coefficient (Wildman–Crippen LogP) is 2.59. The molecule has 1 aliphatic heterocycles. The third kappa shape index (κ3) is 5.33. The fourth-order valence-electron chi connectivity index (χ4n) is 3.66. The van der Waals surface area contributed by atoms with Crippen LogP contribution in [0.5, 0.6) is 0 Å². The van der Waals surface area contributed by atoms with Crippen molar-refractivity contribution in [2.45, 2.75) is 32.5 Å². The highest BCUT2D eigenvalue weighted by Gasteiger charge is 2.26. The third-order valence-electron chi connectivity index (χ3n) is 5.11. The van der Waals surface area contributed by atoms with E-state index in [9.17, 15) is 9.59 Å². The van der Waals surface area contributed by atoms with E-state index in [4.69, 9.17) is 5.73 Å². The first kappa shape index (κ1) is 19.9. The molecule has 148 valence electrons. The molecule has 6 nitrogen and oxygen atoms in total. The minimum absolute atomic E-state index is 0.0588. The van der Waals surface area contributed by atoms with Crippen LogP contribution in [0.25, 0.3) is 0 Å². The molecule has 0 aliphatic carbocycles. The zero-order valence-electron chi connectivity index (χ0n) is 16.3. The van der Waals surface area contributed by atoms with Gasteiger partial charge in [-0.3, -0.25) is 9.69 Å². The van der Waals surface area contributed by atoms with Crippen molar-refractivity contribution in [1.29, 1.82) is 0 Å². The summed E-state index contributed by atoms with van der Waals surface area (Å²) >= 11 is 0. The van der Waals surface area contributed by atoms with Crippen molar-refractivity contribution in [2.24, 2.45) is 5.73 Å². The molecular formula is C22H28N4O2. The van der Waals surface area contributed by atoms with E-state index in [1.54, 1.807) is 0 Å². The fraction of sp³-hybridized carbons (Fsp3) is 0.364. The van der Waals surface area contributed by atoms with Crippen LogP contribution in [-0.4, -0.2) is 47.4 Å². The van der Waals surface area contributed by atoms with Gasteiger partial charge < -0.3 is 16.0 Å². The average Bonchev–Trinajstić information content (AvgIpc) is 2.88. The number of nitrogens with zero attached hydrogens (tertiary/aromatic N) is 2. The van der Waals surface area contributed by atoms with Gasteiger partial charge in [-0.1, -0.05) is 42.5 Å². The molecule has 28 heavy (non-hydrogen) atoms. The molecule has 3 amide bonds. The number of primary amides is 1. The van der Waals surface area contributed by atoms with E-state index in [1.165, 1.54) is 5.56 Å². The number of nitrogens with two attached hydrogens (primary N) is 1. The van der Waals surface area contributed by atoms with Gasteiger partial charge in [0.25, 0.3) is 5.91 Å². The summed E-state index contributed by atoms with van der Waals surface area (Å²) in [7, 11) is 0. The molecule has 3 N–H and O–H groups in total. The molecule has 1 unspecified atom stereocenters. The highest BCUT2D eigenvalue weighted by Crippen LogP contribution is 2.17. The van der Waals surface area contributed by atoms with Crippen LogP contribution in [-0.2, 0) is 13.1 Å². The van der Waals surface area contributed by atoms with Crippen molar-refractivity contribution in [3.05, 3.63) is 71.3 Å². The van der Waals surface area contributed by atoms with Gasteiger partial charge in [0, 0.05) is 44.3 Å². The predicted molar refractivity (Wildman–Crippen MR) is 110 cm³/mol. The first-order valence-corrected chi connectivity index (χ1v) is 9.72. The van der Waals surface area contributed by atoms with E-state index in [0.717, 1.165) is 38.2 Å². The standard InChI is InChI=1S/C22H28N4O2/c1-17-15-25(16-19-6-3-2-4-7-19)12-5-13-26(17)21(27)20-10-8-18(9-11-20)14-24-22(23)28/h2-4,6-11,17H,5,12-16H2,1H3,(H3,23,24,28). The number of rotatable bonds is 5. The SMILES string of the molecule is CC1CN(Cc2ccccc2)CCCN1C(=O)c1ccc(CNC(N)=O)cc1. The fourth-order valence-corrected chi connectivity index (χ4v) is 3.66. The number of benzene rings is 2. The molecule has 1 heterocycles. The van der Waals surface area contributed by atoms with Crippen LogP contribution in [0.3, 0.4) is 0 Å². The van der Waals surface area contributed by atoms with Crippen molar-refractivity contribution < 1.29 is 9.59 Å². The Morgan fingerprint density at radius 2 is 1.75 bits per heavy atom. The van der Waals surface area contributed by atoms with Gasteiger partial charge in [0.2, 0.25) is 0 Å². The van der Waals surface area contributed by atoms with Crippen LogP contribution >= 0.6 is 0 Å². The van der Waals surface area contributed by atoms with Gasteiger partial charge in [0.15, 0.2) is 0 Å². The summed E-state index contributed by atoms with van der Waals surface area (Å²) in [6, 6.07) is 17.4. The molecule has 0 radical (unpaired) electrons. The second-order valence-corrected chi connectivity index (χ2v) is 7.34. The van der Waals surface area contributed by atoms with Gasteiger partial charge in [0.05, 0.1) is 0 Å². The molecule has 1 atom stereocenters. The third-order valence-corrected chi connectivity index (χ3v) is 5.11. The molecule has 0 saturated carbocycles. The van der Waals surface area contributed by atoms with Gasteiger partial charge >= 0.3 is 6.03 Å². The summed E-state index contributed by atoms with van der Waals surface area (Å²) in [5.74, 6) is 0.0588. The smallest absolute Gasteiger partial charge is 0.312 e. The van der Waals surface area contributed by atoms with Crippen molar-refractivity contribution in [3.63, 3.8) is 0 Å². The molecule has 0 bridgehead atoms. The summed E-state index contributed by atoms with van der Waals surface area (Å²) in [5.41, 5.74) is 7.97. The Kier molecular flexibility index (Phi) is 6.66. The molecule has 2 aromatic rings. The molecule has 6 heteroatoms. The highest BCUT2D eigenvalue weighted by atomic mass is 16.2. The van der Waals surface area contributed by atoms with E-state index < -0.39 is 6.03 Å². The Bertz CT molecular complexity index is 792. The highest BCUT2D eigenvalue weighted by molar-refractivity contribution is 5.94. The van der Waals surface area contributed by atoms with Gasteiger partial charge in [-0.15, -0.1) is 0 Å². The molecule has 0 spiro atoms. The van der Waals surface area contributed by atoms with Crippen LogP contribution < -0.4 is 11.1 Å². The van der Waals surface area contributed by atoms with Gasteiger partial charge in [-0.2, -0.15) is 0 Å². The zero-order chi connectivity index (χ0) is 19.9. The van der Waals surface area contributed by atoms with Crippen LogP contribution in [0.4, 0.5) is 4.79 Å². The molecule has 3 rings (SSSR count). The quantitative estimate of drug-likeness (QED) is 0.837. The maximum atomic E-state index is 13.0. The number of urea groups is 1. The topological polar surface area (TPSA) is 78.7 Å². The van der Waals surface area contributed by atoms with Crippen molar-refractivity contribution >= 4 is 11.9 Å². The first-order chi connectivity index (χ1) is 13.5. The summed E-state index contributed by atoms with van der Waals surface area (Å²) in [4.78, 5) is 28.2. The Labute approximate surface area is 166 Å². The van der Waals surface area contributed by atoms with E-state index in [1.807, 2.05) is 35.2 Å². The van der Waals surface area contributed by atoms with Crippen LogP contribution in [0.2, 0.25) is 0 Å². The van der Waals surface area contributed by atoms with Crippen LogP contribution in [0.1, 0.15) is 34.8 Å². The minimum Gasteiger partial charge on any atom is -0.352 e. The van der Waals surface area contributed by atoms with Gasteiger partial charge in [-0.25, -0.2) is 4.79 Å². The minimum atomic E-state index is -0.557. The Morgan fingerprint density at radius 3 is 2.43 bits per heavy atom. The lowest BCUT2D eigenvalue weighted by Crippen LogP contribution is -2.42. The lowest BCUT2D eigenvalue weighted by Gasteiger charge is -2.29. The van der Waals surface area contributed by atoms with E-state index in [0.29, 0.717) is 12.1 Å². The van der Waals surface area contributed by atoms with E-state index in [2.05, 4.69) is 41.4 Å². The number of hydrogen-bond acceptors (Lipinski definition) is 3. The lowest BCUT2D eigenvalue weighted by atomic mass is 10.1. The first-order valence-electron chi connectivity index (χ1n) is 9.72. The largest absolute Gasteiger partial charge is 0.352 e. The summed E-state index contributed by atoms with van der Waals surface area (Å²) in [6.45, 7) is 6.00. The molecule has 1 saturated heterocycles. The number of hydrogen-bond donors (Lipinski definition) is 2. The maximum Gasteiger partial charge on any atom is 0.312 e. The van der Waals surface area contributed by atoms with E-state index in [-0.39, 0.29) is 11.9 Å². The number of amides is 3. The van der Waals surface area contributed by atoms with E-state index >= 15 is 0 Å². The molecule has 1 fully saturated rings. The summed E-state index contributed by atoms with van der Waals surface area (Å²) in [5, 5.41) is 2.55. The number of carbonyl (C=O) groups excluding carboxylic acids is 2. The van der Waals surface area contributed by atoms with Crippen molar-refractivity contribution in [1.82, 2.24) is 15.1 Å². The average molecular weight is 380 g/mol. The van der Waals surface area contributed by atoms with Crippen molar-refractivity contribution in [3.8, 4) is 0 Å². The normalized spacial score (nSPS) is 17.8. The van der Waals surface area contributed by atoms with Gasteiger partial charge in [-0.05, 0) is 36.6 Å². The molecular weight excluding hydrogens is 352 g/mol. The Balaban J connectivity index is 1.61. The lowest BCUT2D eigenvalue weighted by molar-refractivity contribution is 0.0691. The molecule has 0 aromatic heterocycles. The summed E-state index contributed by atoms with van der Waals surface area (Å²) in [6.07, 6.45) is 0.962. The second kappa shape index (κ2) is 9.37. The second-order valence-electron chi connectivity index (χ2n) is 7.34. The Hall–Kier alpha value is -2.86. The monoisotopic (exact) mass is 380 g/mol.